The molecular formula is C26H30ClN3OS. The molecule has 0 radical (unpaired) electrons. The number of nitrogens with zero attached hydrogens (tertiary/aromatic N) is 2. The van der Waals surface area contributed by atoms with Crippen LogP contribution in [0.3, 0.4) is 0 Å². The van der Waals surface area contributed by atoms with Crippen molar-refractivity contribution in [3.63, 3.8) is 0 Å². The number of nitrogens with one attached hydrogen (secondary N) is 1. The van der Waals surface area contributed by atoms with Gasteiger partial charge >= 0.3 is 0 Å². The van der Waals surface area contributed by atoms with Crippen molar-refractivity contribution >= 4 is 51.9 Å². The molecular weight excluding hydrogens is 438 g/mol. The average molecular weight is 468 g/mol. The van der Waals surface area contributed by atoms with Gasteiger partial charge in [-0.1, -0.05) is 36.2 Å². The van der Waals surface area contributed by atoms with E-state index in [4.69, 9.17) is 11.6 Å². The Morgan fingerprint density at radius 1 is 1.28 bits per heavy atom. The number of fused-ring (bicyclic) bond motifs is 1. The van der Waals surface area contributed by atoms with Crippen LogP contribution in [0.5, 0.6) is 0 Å². The molecule has 0 aromatic heterocycles. The molecule has 2 aromatic rings. The minimum Gasteiger partial charge on any atom is -0.366 e. The maximum Gasteiger partial charge on any atom is 0.264 e. The molecule has 1 fully saturated rings. The molecule has 4 nitrogen and oxygen atoms in total. The fraction of sp³-hybridized carbons (Fsp3) is 0.385. The predicted molar refractivity (Wildman–Crippen MR) is 138 cm³/mol. The zero-order chi connectivity index (χ0) is 23.2. The Bertz CT molecular complexity index is 1150. The van der Waals surface area contributed by atoms with Crippen molar-refractivity contribution in [3.05, 3.63) is 62.5 Å². The lowest BCUT2D eigenvalue weighted by molar-refractivity contribution is -0.115. The normalized spacial score (nSPS) is 22.4. The number of benzene rings is 2. The number of hydrogen-bond acceptors (Lipinski definition) is 4. The molecule has 1 atom stereocenters. The smallest absolute Gasteiger partial charge is 0.264 e. The van der Waals surface area contributed by atoms with Crippen LogP contribution in [0.2, 0.25) is 5.02 Å². The number of carbonyl (C=O) groups excluding carboxylic acids is 1. The number of rotatable bonds is 3. The number of carbonyl (C=O) groups is 1. The molecule has 2 aliphatic heterocycles. The molecule has 0 aliphatic carbocycles. The second-order valence-electron chi connectivity index (χ2n) is 9.37. The molecule has 0 saturated carbocycles. The van der Waals surface area contributed by atoms with Gasteiger partial charge in [-0.05, 0) is 99.7 Å². The number of hydrogen-bond donors (Lipinski definition) is 1. The van der Waals surface area contributed by atoms with Gasteiger partial charge in [-0.2, -0.15) is 0 Å². The number of amides is 1. The molecule has 0 spiro atoms. The van der Waals surface area contributed by atoms with Gasteiger partial charge in [0.15, 0.2) is 5.17 Å². The molecule has 1 amide bonds. The summed E-state index contributed by atoms with van der Waals surface area (Å²) in [5.41, 5.74) is 6.59. The lowest BCUT2D eigenvalue weighted by atomic mass is 9.79. The molecule has 4 rings (SSSR count). The summed E-state index contributed by atoms with van der Waals surface area (Å²) in [4.78, 5) is 20.3. The maximum absolute atomic E-state index is 12.6. The van der Waals surface area contributed by atoms with Gasteiger partial charge in [-0.3, -0.25) is 4.79 Å². The first-order valence-electron chi connectivity index (χ1n) is 11.1. The van der Waals surface area contributed by atoms with Gasteiger partial charge in [0.1, 0.15) is 0 Å². The second-order valence-corrected chi connectivity index (χ2v) is 10.8. The summed E-state index contributed by atoms with van der Waals surface area (Å²) in [6.07, 6.45) is 2.96. The summed E-state index contributed by atoms with van der Waals surface area (Å²) in [7, 11) is 0. The minimum absolute atomic E-state index is 0.0884. The zero-order valence-corrected chi connectivity index (χ0v) is 21.1. The van der Waals surface area contributed by atoms with Crippen LogP contribution >= 0.6 is 23.4 Å². The van der Waals surface area contributed by atoms with Gasteiger partial charge in [0, 0.05) is 22.8 Å². The maximum atomic E-state index is 12.6. The molecule has 2 aliphatic rings. The number of aliphatic imine (C=N–C) groups is 1. The zero-order valence-electron chi connectivity index (χ0n) is 19.5. The van der Waals surface area contributed by atoms with E-state index in [0.29, 0.717) is 21.0 Å². The summed E-state index contributed by atoms with van der Waals surface area (Å²) in [5, 5.41) is 4.14. The van der Waals surface area contributed by atoms with Crippen LogP contribution in [0.25, 0.3) is 6.08 Å². The summed E-state index contributed by atoms with van der Waals surface area (Å²) in [6.45, 7) is 14.0. The first-order chi connectivity index (χ1) is 15.1. The van der Waals surface area contributed by atoms with Crippen LogP contribution in [0.15, 0.2) is 40.2 Å². The summed E-state index contributed by atoms with van der Waals surface area (Å²) >= 11 is 8.06. The number of anilines is 1. The highest BCUT2D eigenvalue weighted by Gasteiger charge is 2.36. The van der Waals surface area contributed by atoms with Gasteiger partial charge in [-0.25, -0.2) is 4.99 Å². The van der Waals surface area contributed by atoms with E-state index in [1.54, 1.807) is 0 Å². The molecule has 32 heavy (non-hydrogen) atoms. The van der Waals surface area contributed by atoms with Crippen molar-refractivity contribution in [1.82, 2.24) is 5.32 Å². The third-order valence-corrected chi connectivity index (χ3v) is 7.57. The van der Waals surface area contributed by atoms with E-state index >= 15 is 0 Å². The first-order valence-corrected chi connectivity index (χ1v) is 12.3. The predicted octanol–water partition coefficient (Wildman–Crippen LogP) is 6.96. The van der Waals surface area contributed by atoms with Gasteiger partial charge in [0.2, 0.25) is 0 Å². The monoisotopic (exact) mass is 467 g/mol. The topological polar surface area (TPSA) is 44.7 Å². The lowest BCUT2D eigenvalue weighted by Gasteiger charge is -2.47. The van der Waals surface area contributed by atoms with E-state index in [1.165, 1.54) is 28.6 Å². The minimum atomic E-state index is -0.142. The average Bonchev–Trinajstić information content (AvgIpc) is 3.04. The van der Waals surface area contributed by atoms with E-state index in [0.717, 1.165) is 29.8 Å². The van der Waals surface area contributed by atoms with E-state index in [2.05, 4.69) is 68.0 Å². The Labute approximate surface area is 200 Å². The molecule has 168 valence electrons. The van der Waals surface area contributed by atoms with E-state index in [9.17, 15) is 4.79 Å². The van der Waals surface area contributed by atoms with E-state index in [1.807, 2.05) is 25.1 Å². The molecule has 1 N–H and O–H groups in total. The molecule has 2 aromatic carbocycles. The Hall–Kier alpha value is -2.24. The van der Waals surface area contributed by atoms with Gasteiger partial charge in [0.05, 0.1) is 10.6 Å². The van der Waals surface area contributed by atoms with Gasteiger partial charge < -0.3 is 10.2 Å². The van der Waals surface area contributed by atoms with Gasteiger partial charge in [-0.15, -0.1) is 0 Å². The Balaban J connectivity index is 1.67. The Kier molecular flexibility index (Phi) is 6.17. The van der Waals surface area contributed by atoms with Crippen molar-refractivity contribution in [2.45, 2.75) is 59.4 Å². The number of aryl methyl sites for hydroxylation is 2. The van der Waals surface area contributed by atoms with E-state index in [-0.39, 0.29) is 11.4 Å². The lowest BCUT2D eigenvalue weighted by Crippen LogP contribution is -2.48. The molecule has 6 heteroatoms. The number of thioether (sulfide) groups is 1. The van der Waals surface area contributed by atoms with Crippen LogP contribution in [0.1, 0.15) is 62.3 Å². The number of amidine groups is 1. The van der Waals surface area contributed by atoms with Crippen molar-refractivity contribution < 1.29 is 4.79 Å². The largest absolute Gasteiger partial charge is 0.366 e. The quantitative estimate of drug-likeness (QED) is 0.496. The Morgan fingerprint density at radius 3 is 2.72 bits per heavy atom. The van der Waals surface area contributed by atoms with Crippen LogP contribution in [0.4, 0.5) is 11.4 Å². The van der Waals surface area contributed by atoms with Crippen LogP contribution in [0, 0.1) is 13.8 Å². The van der Waals surface area contributed by atoms with Crippen molar-refractivity contribution in [1.29, 1.82) is 0 Å². The van der Waals surface area contributed by atoms with E-state index < -0.39 is 0 Å². The van der Waals surface area contributed by atoms with Crippen molar-refractivity contribution in [2.24, 2.45) is 4.99 Å². The molecule has 2 heterocycles. The van der Waals surface area contributed by atoms with Crippen molar-refractivity contribution in [2.75, 3.05) is 11.4 Å². The molecule has 1 saturated heterocycles. The fourth-order valence-electron chi connectivity index (χ4n) is 4.89. The Morgan fingerprint density at radius 2 is 2.03 bits per heavy atom. The SMILES string of the molecule is CCN1c2cc(Cl)c(/C=C3/SC(=Nc4ccc(C)cc4C)NC3=O)cc2C(C)CC1(C)C. The van der Waals surface area contributed by atoms with Gasteiger partial charge in [0.25, 0.3) is 5.91 Å². The highest BCUT2D eigenvalue weighted by Crippen LogP contribution is 2.45. The summed E-state index contributed by atoms with van der Waals surface area (Å²) in [6, 6.07) is 10.3. The van der Waals surface area contributed by atoms with Crippen LogP contribution < -0.4 is 10.2 Å². The van der Waals surface area contributed by atoms with Crippen LogP contribution in [-0.4, -0.2) is 23.2 Å². The highest BCUT2D eigenvalue weighted by atomic mass is 35.5. The third-order valence-electron chi connectivity index (χ3n) is 6.33. The standard InChI is InChI=1S/C26H30ClN3OS/c1-7-30-22-13-20(27)18(11-19(22)17(4)14-26(30,5)6)12-23-24(31)29-25(32-23)28-21-9-8-15(2)10-16(21)3/h8-13,17H,7,14H2,1-6H3,(H,28,29,31)/b23-12+. The molecule has 1 unspecified atom stereocenters. The second kappa shape index (κ2) is 8.60. The van der Waals surface area contributed by atoms with Crippen molar-refractivity contribution in [3.8, 4) is 0 Å². The third kappa shape index (κ3) is 4.33. The summed E-state index contributed by atoms with van der Waals surface area (Å²) < 4.78 is 0. The first kappa shape index (κ1) is 22.9. The highest BCUT2D eigenvalue weighted by molar-refractivity contribution is 8.18. The fourth-order valence-corrected chi connectivity index (χ4v) is 5.93. The molecule has 0 bridgehead atoms. The number of halogens is 1. The van der Waals surface area contributed by atoms with Crippen LogP contribution in [-0.2, 0) is 4.79 Å². The summed E-state index contributed by atoms with van der Waals surface area (Å²) in [5.74, 6) is 0.278.